The van der Waals surface area contributed by atoms with Crippen molar-refractivity contribution in [2.24, 2.45) is 4.99 Å². The maximum absolute atomic E-state index is 14.4. The fraction of sp³-hybridized carbons (Fsp3) is 0.350. The molecule has 0 fully saturated rings. The van der Waals surface area contributed by atoms with E-state index in [9.17, 15) is 4.39 Å². The van der Waals surface area contributed by atoms with Crippen molar-refractivity contribution in [3.63, 3.8) is 0 Å². The van der Waals surface area contributed by atoms with Crippen LogP contribution in [0.4, 0.5) is 4.39 Å². The van der Waals surface area contributed by atoms with Crippen LogP contribution in [0.3, 0.4) is 0 Å². The summed E-state index contributed by atoms with van der Waals surface area (Å²) >= 11 is 1.73. The Hall–Kier alpha value is -2.74. The van der Waals surface area contributed by atoms with Gasteiger partial charge >= 0.3 is 0 Å². The van der Waals surface area contributed by atoms with Crippen LogP contribution < -0.4 is 10.6 Å². The molecule has 2 N–H and O–H groups in total. The highest BCUT2D eigenvalue weighted by Gasteiger charge is 2.07. The van der Waals surface area contributed by atoms with E-state index in [0.29, 0.717) is 18.2 Å². The number of hydrogen-bond donors (Lipinski definition) is 2. The number of aromatic nitrogens is 3. The second-order valence-electron chi connectivity index (χ2n) is 6.38. The normalized spacial score (nSPS) is 11.6. The van der Waals surface area contributed by atoms with Crippen LogP contribution in [0.5, 0.6) is 0 Å². The third-order valence-electron chi connectivity index (χ3n) is 4.26. The smallest absolute Gasteiger partial charge is 0.191 e. The summed E-state index contributed by atoms with van der Waals surface area (Å²) in [4.78, 5) is 14.3. The first kappa shape index (κ1) is 20.0. The van der Waals surface area contributed by atoms with Crippen molar-refractivity contribution in [2.45, 2.75) is 33.7 Å². The number of aryl methyl sites for hydroxylation is 2. The van der Waals surface area contributed by atoms with Gasteiger partial charge in [0.05, 0.1) is 29.3 Å². The third-order valence-corrected chi connectivity index (χ3v) is 5.40. The van der Waals surface area contributed by atoms with Crippen LogP contribution in [0.2, 0.25) is 0 Å². The molecule has 0 bridgehead atoms. The molecule has 0 aliphatic heterocycles. The topological polar surface area (TPSA) is 67.1 Å². The highest BCUT2D eigenvalue weighted by molar-refractivity contribution is 7.11. The zero-order valence-electron chi connectivity index (χ0n) is 16.4. The van der Waals surface area contributed by atoms with E-state index in [1.165, 1.54) is 10.9 Å². The molecular weight excluding hydrogens is 375 g/mol. The van der Waals surface area contributed by atoms with Gasteiger partial charge in [-0.1, -0.05) is 6.07 Å². The number of hydrogen-bond acceptors (Lipinski definition) is 4. The Bertz CT molecular complexity index is 913. The van der Waals surface area contributed by atoms with Gasteiger partial charge in [-0.05, 0) is 38.5 Å². The molecule has 2 heterocycles. The number of guanidine groups is 1. The Morgan fingerprint density at radius 2 is 2.14 bits per heavy atom. The SMILES string of the molecule is CCNC(=NCc1ccc(-n2ccnc2)c(F)c1)NCCc1nc(C)c(C)s1. The molecule has 0 aliphatic rings. The highest BCUT2D eigenvalue weighted by Crippen LogP contribution is 2.17. The van der Waals surface area contributed by atoms with E-state index in [1.807, 2.05) is 19.9 Å². The lowest BCUT2D eigenvalue weighted by Crippen LogP contribution is -2.38. The van der Waals surface area contributed by atoms with E-state index in [0.717, 1.165) is 35.8 Å². The molecule has 0 aliphatic carbocycles. The van der Waals surface area contributed by atoms with E-state index in [1.54, 1.807) is 40.7 Å². The lowest BCUT2D eigenvalue weighted by molar-refractivity contribution is 0.615. The average molecular weight is 401 g/mol. The number of imidazole rings is 1. The molecule has 3 aromatic rings. The number of thiazole rings is 1. The Balaban J connectivity index is 1.59. The van der Waals surface area contributed by atoms with Crippen LogP contribution in [0.1, 0.15) is 28.1 Å². The van der Waals surface area contributed by atoms with Gasteiger partial charge in [-0.3, -0.25) is 0 Å². The van der Waals surface area contributed by atoms with Gasteiger partial charge in [-0.2, -0.15) is 0 Å². The molecule has 28 heavy (non-hydrogen) atoms. The molecule has 0 saturated heterocycles. The van der Waals surface area contributed by atoms with Crippen molar-refractivity contribution in [1.29, 1.82) is 0 Å². The van der Waals surface area contributed by atoms with E-state index in [2.05, 4.69) is 32.5 Å². The maximum atomic E-state index is 14.4. The molecular formula is C20H25FN6S. The Morgan fingerprint density at radius 3 is 2.79 bits per heavy atom. The van der Waals surface area contributed by atoms with Gasteiger partial charge in [0, 0.05) is 36.8 Å². The van der Waals surface area contributed by atoms with E-state index in [-0.39, 0.29) is 5.82 Å². The van der Waals surface area contributed by atoms with Crippen LogP contribution in [0.25, 0.3) is 5.69 Å². The van der Waals surface area contributed by atoms with Crippen molar-refractivity contribution in [3.8, 4) is 5.69 Å². The summed E-state index contributed by atoms with van der Waals surface area (Å²) in [6.45, 7) is 8.04. The number of halogens is 1. The van der Waals surface area contributed by atoms with Crippen LogP contribution in [0, 0.1) is 19.7 Å². The summed E-state index contributed by atoms with van der Waals surface area (Å²) in [7, 11) is 0. The van der Waals surface area contributed by atoms with Crippen molar-refractivity contribution in [1.82, 2.24) is 25.2 Å². The number of rotatable bonds is 7. The third kappa shape index (κ3) is 5.16. The molecule has 0 radical (unpaired) electrons. The van der Waals surface area contributed by atoms with Crippen molar-refractivity contribution < 1.29 is 4.39 Å². The fourth-order valence-corrected chi connectivity index (χ4v) is 3.64. The molecule has 0 amide bonds. The van der Waals surface area contributed by atoms with Crippen LogP contribution in [0.15, 0.2) is 41.9 Å². The summed E-state index contributed by atoms with van der Waals surface area (Å²) in [6.07, 6.45) is 5.77. The second kappa shape index (κ2) is 9.45. The molecule has 3 rings (SSSR count). The van der Waals surface area contributed by atoms with E-state index in [4.69, 9.17) is 0 Å². The molecule has 0 atom stereocenters. The second-order valence-corrected chi connectivity index (χ2v) is 7.66. The monoisotopic (exact) mass is 400 g/mol. The molecule has 2 aromatic heterocycles. The van der Waals surface area contributed by atoms with E-state index < -0.39 is 0 Å². The minimum atomic E-state index is -0.293. The standard InChI is InChI=1S/C20H25FN6S/c1-4-23-20(24-8-7-19-26-14(2)15(3)28-19)25-12-16-5-6-18(17(21)11-16)27-10-9-22-13-27/h5-6,9-11,13H,4,7-8,12H2,1-3H3,(H2,23,24,25). The zero-order valence-corrected chi connectivity index (χ0v) is 17.2. The van der Waals surface area contributed by atoms with Gasteiger partial charge < -0.3 is 15.2 Å². The van der Waals surface area contributed by atoms with Crippen molar-refractivity contribution in [2.75, 3.05) is 13.1 Å². The lowest BCUT2D eigenvalue weighted by Gasteiger charge is -2.11. The fourth-order valence-electron chi connectivity index (χ4n) is 2.71. The highest BCUT2D eigenvalue weighted by atomic mass is 32.1. The quantitative estimate of drug-likeness (QED) is 0.471. The molecule has 6 nitrogen and oxygen atoms in total. The predicted molar refractivity (Wildman–Crippen MR) is 112 cm³/mol. The largest absolute Gasteiger partial charge is 0.357 e. The molecule has 148 valence electrons. The molecule has 8 heteroatoms. The first-order valence-electron chi connectivity index (χ1n) is 9.28. The minimum Gasteiger partial charge on any atom is -0.357 e. The van der Waals surface area contributed by atoms with Gasteiger partial charge in [-0.25, -0.2) is 19.4 Å². The Labute approximate surface area is 168 Å². The summed E-state index contributed by atoms with van der Waals surface area (Å²) in [5, 5.41) is 7.66. The van der Waals surface area contributed by atoms with Gasteiger partial charge in [0.2, 0.25) is 0 Å². The molecule has 0 saturated carbocycles. The number of nitrogens with zero attached hydrogens (tertiary/aromatic N) is 4. The summed E-state index contributed by atoms with van der Waals surface area (Å²) in [5.74, 6) is 0.421. The van der Waals surface area contributed by atoms with Crippen molar-refractivity contribution >= 4 is 17.3 Å². The minimum absolute atomic E-state index is 0.293. The van der Waals surface area contributed by atoms with Crippen molar-refractivity contribution in [3.05, 3.63) is 63.9 Å². The van der Waals surface area contributed by atoms with Crippen LogP contribution >= 0.6 is 11.3 Å². The van der Waals surface area contributed by atoms with Gasteiger partial charge in [0.15, 0.2) is 5.96 Å². The van der Waals surface area contributed by atoms with Crippen LogP contribution in [-0.4, -0.2) is 33.6 Å². The maximum Gasteiger partial charge on any atom is 0.191 e. The van der Waals surface area contributed by atoms with Gasteiger partial charge in [-0.15, -0.1) is 11.3 Å². The first-order chi connectivity index (χ1) is 13.6. The number of benzene rings is 1. The van der Waals surface area contributed by atoms with Gasteiger partial charge in [0.25, 0.3) is 0 Å². The Morgan fingerprint density at radius 1 is 1.29 bits per heavy atom. The molecule has 0 unspecified atom stereocenters. The number of nitrogens with one attached hydrogen (secondary N) is 2. The first-order valence-corrected chi connectivity index (χ1v) is 10.1. The predicted octanol–water partition coefficient (Wildman–Crippen LogP) is 3.38. The lowest BCUT2D eigenvalue weighted by atomic mass is 10.2. The summed E-state index contributed by atoms with van der Waals surface area (Å²) < 4.78 is 16.0. The average Bonchev–Trinajstić information content (AvgIpc) is 3.30. The summed E-state index contributed by atoms with van der Waals surface area (Å²) in [6, 6.07) is 5.14. The zero-order chi connectivity index (χ0) is 19.9. The molecule has 1 aromatic carbocycles. The van der Waals surface area contributed by atoms with Gasteiger partial charge in [0.1, 0.15) is 5.82 Å². The van der Waals surface area contributed by atoms with E-state index >= 15 is 0 Å². The summed E-state index contributed by atoms with van der Waals surface area (Å²) in [5.41, 5.74) is 2.38. The number of aliphatic imine (C=N–C) groups is 1. The van der Waals surface area contributed by atoms with Crippen LogP contribution in [-0.2, 0) is 13.0 Å². The molecule has 0 spiro atoms. The Kier molecular flexibility index (Phi) is 6.76.